The van der Waals surface area contributed by atoms with E-state index in [1.807, 2.05) is 0 Å². The Balaban J connectivity index is 0.00000121. The molecule has 0 fully saturated rings. The molecular weight excluding hydrogens is 159 g/mol. The van der Waals surface area contributed by atoms with E-state index in [2.05, 4.69) is 4.98 Å². The number of hydrogen-bond donors (Lipinski definition) is 3. The molecule has 1 heterocycles. The van der Waals surface area contributed by atoms with Gasteiger partial charge in [0.15, 0.2) is 0 Å². The Hall–Kier alpha value is -0.378. The molecule has 0 aliphatic carbocycles. The van der Waals surface area contributed by atoms with E-state index in [1.165, 1.54) is 0 Å². The molecule has 0 spiro atoms. The fourth-order valence-corrected chi connectivity index (χ4v) is 0.616. The van der Waals surface area contributed by atoms with Gasteiger partial charge in [0.05, 0.1) is 6.20 Å². The minimum absolute atomic E-state index is 0. The first-order valence-corrected chi connectivity index (χ1v) is 2.93. The number of aromatic nitrogens is 1. The molecule has 0 unspecified atom stereocenters. The average molecular weight is 165 g/mol. The van der Waals surface area contributed by atoms with Crippen molar-refractivity contribution in [3.8, 4) is 0 Å². The number of nitrogens with zero attached hydrogens (tertiary/aromatic N) is 1. The molecule has 0 aromatic carbocycles. The quantitative estimate of drug-likeness (QED) is 0.366. The van der Waals surface area contributed by atoms with Crippen molar-refractivity contribution in [2.45, 2.75) is 0 Å². The molecule has 0 bridgehead atoms. The van der Waals surface area contributed by atoms with Crippen LogP contribution in [0.25, 0.3) is 0 Å². The first kappa shape index (κ1) is 11.6. The van der Waals surface area contributed by atoms with Gasteiger partial charge in [0.1, 0.15) is 5.82 Å². The molecule has 4 nitrogen and oxygen atoms in total. The van der Waals surface area contributed by atoms with Crippen LogP contribution < -0.4 is 24.5 Å². The molecule has 1 aromatic rings. The summed E-state index contributed by atoms with van der Waals surface area (Å²) in [4.78, 5) is 3.25. The van der Waals surface area contributed by atoms with Crippen LogP contribution in [0.3, 0.4) is 0 Å². The molecule has 0 saturated carbocycles. The zero-order valence-corrected chi connectivity index (χ0v) is 6.48. The predicted molar refractivity (Wildman–Crippen MR) is 36.2 cm³/mol. The summed E-state index contributed by atoms with van der Waals surface area (Å²) in [5.74, 6) is -0.603. The molecule has 3 N–H and O–H groups in total. The van der Waals surface area contributed by atoms with Crippen LogP contribution in [0.15, 0.2) is 18.3 Å². The topological polar surface area (TPSA) is 73.6 Å². The normalized spacial score (nSPS) is 10.7. The van der Waals surface area contributed by atoms with Gasteiger partial charge in [-0.2, -0.15) is 0 Å². The predicted octanol–water partition coefficient (Wildman–Crippen LogP) is -4.65. The molecule has 0 aliphatic rings. The van der Waals surface area contributed by atoms with Crippen molar-refractivity contribution in [3.05, 3.63) is 24.1 Å². The van der Waals surface area contributed by atoms with Gasteiger partial charge >= 0.3 is 25.6 Å². The molecule has 0 atom stereocenters. The van der Waals surface area contributed by atoms with Crippen LogP contribution in [-0.2, 0) is 0 Å². The van der Waals surface area contributed by atoms with Crippen LogP contribution in [0.2, 0.25) is 0 Å². The summed E-state index contributed by atoms with van der Waals surface area (Å²) >= 11 is 0. The van der Waals surface area contributed by atoms with Gasteiger partial charge in [-0.1, -0.05) is 6.07 Å². The number of pyridine rings is 1. The number of halogens is 1. The van der Waals surface area contributed by atoms with Gasteiger partial charge in [0.2, 0.25) is 0 Å². The van der Waals surface area contributed by atoms with Gasteiger partial charge in [0, 0.05) is 0 Å². The van der Waals surface area contributed by atoms with Gasteiger partial charge < -0.3 is 15.1 Å². The fraction of sp³-hybridized carbons (Fsp3) is 0. The van der Waals surface area contributed by atoms with Gasteiger partial charge in [-0.15, -0.1) is 0 Å². The Labute approximate surface area is 80.3 Å². The van der Waals surface area contributed by atoms with Crippen molar-refractivity contribution in [3.63, 3.8) is 0 Å². The number of hydrogen-bond acceptors (Lipinski definition) is 4. The molecule has 0 saturated heterocycles. The fourth-order valence-electron chi connectivity index (χ4n) is 0.616. The van der Waals surface area contributed by atoms with E-state index >= 15 is 0 Å². The second kappa shape index (κ2) is 4.03. The van der Waals surface area contributed by atoms with Crippen LogP contribution >= 0.6 is 0 Å². The molecule has 60 valence electrons. The molecule has 7 heteroatoms. The minimum Gasteiger partial charge on any atom is -0.555 e. The second-order valence-electron chi connectivity index (χ2n) is 2.13. The maximum Gasteiger partial charge on any atom is 1.00 e. The van der Waals surface area contributed by atoms with Gasteiger partial charge in [0.25, 0.3) is 0 Å². The van der Waals surface area contributed by atoms with Crippen molar-refractivity contribution < 1.29 is 38.3 Å². The third kappa shape index (κ3) is 2.93. The summed E-state index contributed by atoms with van der Waals surface area (Å²) in [6.07, 6.45) is 0.786. The summed E-state index contributed by atoms with van der Waals surface area (Å²) in [7, 11) is 0. The maximum absolute atomic E-state index is 12.2. The standard InChI is InChI=1S/C5H6BFNO3.Li/c7-4-1-2-5(8-3-4)6(9,10)11;/h1-3,9-11H;/q-1;+1. The summed E-state index contributed by atoms with van der Waals surface area (Å²) in [5.41, 5.74) is -0.355. The van der Waals surface area contributed by atoms with E-state index in [4.69, 9.17) is 15.1 Å². The molecule has 1 aromatic heterocycles. The third-order valence-corrected chi connectivity index (χ3v) is 1.15. The van der Waals surface area contributed by atoms with Crippen LogP contribution in [0.1, 0.15) is 0 Å². The monoisotopic (exact) mass is 165 g/mol. The van der Waals surface area contributed by atoms with Crippen LogP contribution in [-0.4, -0.2) is 26.8 Å². The number of rotatable bonds is 1. The van der Waals surface area contributed by atoms with Crippen molar-refractivity contribution in [2.75, 3.05) is 0 Å². The summed E-state index contributed by atoms with van der Waals surface area (Å²) in [6, 6.07) is 1.97. The molecule has 0 radical (unpaired) electrons. The van der Waals surface area contributed by atoms with Gasteiger partial charge in [-0.3, -0.25) is 4.98 Å². The van der Waals surface area contributed by atoms with Gasteiger partial charge in [-0.25, -0.2) is 4.39 Å². The summed E-state index contributed by atoms with van der Waals surface area (Å²) < 4.78 is 12.2. The minimum atomic E-state index is -3.60. The van der Waals surface area contributed by atoms with Crippen molar-refractivity contribution in [1.29, 1.82) is 0 Å². The van der Waals surface area contributed by atoms with E-state index in [0.717, 1.165) is 18.3 Å². The van der Waals surface area contributed by atoms with E-state index in [1.54, 1.807) is 0 Å². The van der Waals surface area contributed by atoms with E-state index in [9.17, 15) is 4.39 Å². The largest absolute Gasteiger partial charge is 1.00 e. The van der Waals surface area contributed by atoms with Crippen LogP contribution in [0.5, 0.6) is 0 Å². The molecule has 1 rings (SSSR count). The first-order chi connectivity index (χ1) is 5.00. The van der Waals surface area contributed by atoms with Crippen molar-refractivity contribution in [1.82, 2.24) is 4.98 Å². The van der Waals surface area contributed by atoms with Gasteiger partial charge in [-0.05, 0) is 11.7 Å². The Morgan fingerprint density at radius 1 is 1.25 bits per heavy atom. The zero-order chi connectivity index (χ0) is 8.48. The third-order valence-electron chi connectivity index (χ3n) is 1.15. The molecule has 0 amide bonds. The SMILES string of the molecule is O[B-](O)(O)c1ccc(F)cn1.[Li+]. The zero-order valence-electron chi connectivity index (χ0n) is 6.48. The smallest absolute Gasteiger partial charge is 0.555 e. The molecular formula is C5H6BFLiNO3. The summed E-state index contributed by atoms with van der Waals surface area (Å²) in [6.45, 7) is -3.60. The van der Waals surface area contributed by atoms with Crippen molar-refractivity contribution in [2.24, 2.45) is 0 Å². The molecule has 0 aliphatic heterocycles. The van der Waals surface area contributed by atoms with Crippen LogP contribution in [0.4, 0.5) is 4.39 Å². The molecule has 12 heavy (non-hydrogen) atoms. The Kier molecular flexibility index (Phi) is 3.90. The van der Waals surface area contributed by atoms with Crippen LogP contribution in [0, 0.1) is 5.82 Å². The Morgan fingerprint density at radius 2 is 1.83 bits per heavy atom. The van der Waals surface area contributed by atoms with E-state index < -0.39 is 12.6 Å². The van der Waals surface area contributed by atoms with E-state index in [0.29, 0.717) is 0 Å². The average Bonchev–Trinajstić information content (AvgIpc) is 1.86. The Bertz CT molecular complexity index is 250. The van der Waals surface area contributed by atoms with E-state index in [-0.39, 0.29) is 24.5 Å². The second-order valence-corrected chi connectivity index (χ2v) is 2.13. The summed E-state index contributed by atoms with van der Waals surface area (Å²) in [5, 5.41) is 25.7. The van der Waals surface area contributed by atoms with Crippen molar-refractivity contribution >= 4 is 12.3 Å². The Morgan fingerprint density at radius 3 is 2.17 bits per heavy atom. The maximum atomic E-state index is 12.2. The first-order valence-electron chi connectivity index (χ1n) is 2.93.